The standard InChI is InChI=1S/C58H37N3/c1-4-18-38(19-5-1)55-46-27-11-15-29-50(46)59-57-45-26-10-14-28-49(45)58(56(55)57,39-32-34-53-47(36-39)43-24-12-16-30-51(43)60(53)41-20-6-2-7-21-41)40-33-35-54-48(37-40)44-25-13-17-31-52(44)61(54)42-22-8-3-9-23-42/h1-37H. The Bertz CT molecular complexity index is 3530. The van der Waals surface area contributed by atoms with Gasteiger partial charge in [-0.2, -0.15) is 0 Å². The molecule has 13 rings (SSSR count). The summed E-state index contributed by atoms with van der Waals surface area (Å²) in [7, 11) is 0. The zero-order valence-electron chi connectivity index (χ0n) is 33.2. The first kappa shape index (κ1) is 33.9. The SMILES string of the molecule is c1ccc(-c2c3c(nc4ccccc24)-c2ccccc2C3(c2ccc3c(c2)c2ccccc2n3-c2ccccc2)c2ccc3c(c2)c2ccccc2n3-c2ccccc2)cc1. The summed E-state index contributed by atoms with van der Waals surface area (Å²) in [6, 6.07) is 82.3. The van der Waals surface area contributed by atoms with Gasteiger partial charge in [-0.3, -0.25) is 0 Å². The number of fused-ring (bicyclic) bond motifs is 10. The third kappa shape index (κ3) is 4.72. The second-order valence-electron chi connectivity index (χ2n) is 16.2. The summed E-state index contributed by atoms with van der Waals surface area (Å²) in [5.74, 6) is 0. The molecule has 0 saturated carbocycles. The first-order valence-electron chi connectivity index (χ1n) is 21.1. The van der Waals surface area contributed by atoms with Crippen molar-refractivity contribution in [1.29, 1.82) is 0 Å². The van der Waals surface area contributed by atoms with Crippen LogP contribution in [0.2, 0.25) is 0 Å². The van der Waals surface area contributed by atoms with Crippen LogP contribution in [-0.2, 0) is 5.41 Å². The van der Waals surface area contributed by atoms with Gasteiger partial charge in [-0.05, 0) is 94.5 Å². The zero-order chi connectivity index (χ0) is 40.1. The minimum Gasteiger partial charge on any atom is -0.309 e. The summed E-state index contributed by atoms with van der Waals surface area (Å²) in [4.78, 5) is 5.63. The van der Waals surface area contributed by atoms with E-state index in [1.807, 2.05) is 0 Å². The van der Waals surface area contributed by atoms with Crippen molar-refractivity contribution in [2.24, 2.45) is 0 Å². The first-order chi connectivity index (χ1) is 30.3. The van der Waals surface area contributed by atoms with E-state index in [-0.39, 0.29) is 0 Å². The molecular formula is C58H37N3. The minimum absolute atomic E-state index is 0.748. The Hall–Kier alpha value is -8.01. The van der Waals surface area contributed by atoms with Crippen molar-refractivity contribution in [3.05, 3.63) is 247 Å². The van der Waals surface area contributed by atoms with Gasteiger partial charge in [-0.1, -0.05) is 158 Å². The molecule has 3 heteroatoms. The fraction of sp³-hybridized carbons (Fsp3) is 0.0172. The Balaban J connectivity index is 1.22. The predicted molar refractivity (Wildman–Crippen MR) is 253 cm³/mol. The summed E-state index contributed by atoms with van der Waals surface area (Å²) in [6.07, 6.45) is 0. The van der Waals surface area contributed by atoms with Crippen LogP contribution in [0.4, 0.5) is 0 Å². The summed E-state index contributed by atoms with van der Waals surface area (Å²) < 4.78 is 4.82. The van der Waals surface area contributed by atoms with Gasteiger partial charge in [-0.25, -0.2) is 4.98 Å². The molecule has 12 aromatic rings. The molecule has 0 spiro atoms. The fourth-order valence-corrected chi connectivity index (χ4v) is 10.7. The van der Waals surface area contributed by atoms with Gasteiger partial charge in [-0.15, -0.1) is 0 Å². The van der Waals surface area contributed by atoms with Crippen LogP contribution in [0.5, 0.6) is 0 Å². The van der Waals surface area contributed by atoms with Crippen LogP contribution in [0.3, 0.4) is 0 Å². The molecule has 61 heavy (non-hydrogen) atoms. The molecule has 3 aromatic heterocycles. The highest BCUT2D eigenvalue weighted by molar-refractivity contribution is 6.12. The van der Waals surface area contributed by atoms with Gasteiger partial charge >= 0.3 is 0 Å². The van der Waals surface area contributed by atoms with Crippen LogP contribution in [-0.4, -0.2) is 14.1 Å². The minimum atomic E-state index is -0.748. The molecule has 1 aliphatic carbocycles. The van der Waals surface area contributed by atoms with Crippen molar-refractivity contribution < 1.29 is 0 Å². The van der Waals surface area contributed by atoms with Crippen LogP contribution in [0.15, 0.2) is 224 Å². The average Bonchev–Trinajstić information content (AvgIpc) is 3.95. The van der Waals surface area contributed by atoms with E-state index in [9.17, 15) is 0 Å². The highest BCUT2D eigenvalue weighted by Gasteiger charge is 2.49. The molecule has 0 fully saturated rings. The van der Waals surface area contributed by atoms with Crippen molar-refractivity contribution in [2.75, 3.05) is 0 Å². The second-order valence-corrected chi connectivity index (χ2v) is 16.2. The number of rotatable bonds is 5. The smallest absolute Gasteiger partial charge is 0.0767 e. The predicted octanol–water partition coefficient (Wildman–Crippen LogP) is 14.5. The number of pyridine rings is 1. The van der Waals surface area contributed by atoms with Gasteiger partial charge in [0.25, 0.3) is 0 Å². The van der Waals surface area contributed by atoms with Gasteiger partial charge in [0.05, 0.1) is 38.7 Å². The zero-order valence-corrected chi connectivity index (χ0v) is 33.2. The number of nitrogens with zero attached hydrogens (tertiary/aromatic N) is 3. The largest absolute Gasteiger partial charge is 0.309 e. The molecule has 0 radical (unpaired) electrons. The normalized spacial score (nSPS) is 13.0. The van der Waals surface area contributed by atoms with Crippen LogP contribution >= 0.6 is 0 Å². The summed E-state index contributed by atoms with van der Waals surface area (Å²) in [6.45, 7) is 0. The molecule has 1 aliphatic rings. The lowest BCUT2D eigenvalue weighted by Crippen LogP contribution is -2.29. The van der Waals surface area contributed by atoms with Crippen LogP contribution < -0.4 is 0 Å². The van der Waals surface area contributed by atoms with Gasteiger partial charge in [0.15, 0.2) is 0 Å². The summed E-state index contributed by atoms with van der Waals surface area (Å²) in [5, 5.41) is 6.04. The van der Waals surface area contributed by atoms with Crippen LogP contribution in [0.1, 0.15) is 22.3 Å². The van der Waals surface area contributed by atoms with Gasteiger partial charge in [0.1, 0.15) is 0 Å². The van der Waals surface area contributed by atoms with E-state index < -0.39 is 5.41 Å². The Kier molecular flexibility index (Phi) is 7.22. The third-order valence-corrected chi connectivity index (χ3v) is 13.2. The lowest BCUT2D eigenvalue weighted by atomic mass is 9.65. The fourth-order valence-electron chi connectivity index (χ4n) is 10.7. The second kappa shape index (κ2) is 13.0. The highest BCUT2D eigenvalue weighted by Crippen LogP contribution is 2.60. The van der Waals surface area contributed by atoms with Crippen molar-refractivity contribution in [2.45, 2.75) is 5.41 Å². The number of hydrogen-bond acceptors (Lipinski definition) is 1. The number of hydrogen-bond donors (Lipinski definition) is 0. The molecule has 0 atom stereocenters. The van der Waals surface area contributed by atoms with Crippen LogP contribution in [0.25, 0.3) is 88.3 Å². The molecule has 0 saturated heterocycles. The Morgan fingerprint density at radius 1 is 0.361 bits per heavy atom. The van der Waals surface area contributed by atoms with Gasteiger partial charge < -0.3 is 9.13 Å². The lowest BCUT2D eigenvalue weighted by molar-refractivity contribution is 0.772. The molecule has 0 N–H and O–H groups in total. The molecule has 9 aromatic carbocycles. The molecule has 0 unspecified atom stereocenters. The van der Waals surface area contributed by atoms with Crippen molar-refractivity contribution >= 4 is 54.5 Å². The first-order valence-corrected chi connectivity index (χ1v) is 21.1. The number of benzene rings is 9. The Morgan fingerprint density at radius 2 is 0.820 bits per heavy atom. The van der Waals surface area contributed by atoms with E-state index >= 15 is 0 Å². The van der Waals surface area contributed by atoms with E-state index in [0.29, 0.717) is 0 Å². The van der Waals surface area contributed by atoms with Gasteiger partial charge in [0.2, 0.25) is 0 Å². The maximum atomic E-state index is 5.63. The summed E-state index contributed by atoms with van der Waals surface area (Å²) >= 11 is 0. The van der Waals surface area contributed by atoms with Crippen LogP contribution in [0, 0.1) is 0 Å². The quantitative estimate of drug-likeness (QED) is 0.171. The Morgan fingerprint density at radius 3 is 1.41 bits per heavy atom. The molecular weight excluding hydrogens is 739 g/mol. The Labute approximate surface area is 353 Å². The molecule has 0 bridgehead atoms. The van der Waals surface area contributed by atoms with Crippen molar-refractivity contribution in [1.82, 2.24) is 14.1 Å². The van der Waals surface area contributed by atoms with E-state index in [4.69, 9.17) is 4.98 Å². The maximum absolute atomic E-state index is 5.63. The summed E-state index contributed by atoms with van der Waals surface area (Å²) in [5.41, 5.74) is 16.8. The monoisotopic (exact) mass is 775 g/mol. The molecule has 3 nitrogen and oxygen atoms in total. The third-order valence-electron chi connectivity index (χ3n) is 13.2. The van der Waals surface area contributed by atoms with E-state index in [1.165, 1.54) is 82.6 Å². The van der Waals surface area contributed by atoms with E-state index in [0.717, 1.165) is 28.0 Å². The maximum Gasteiger partial charge on any atom is 0.0767 e. The number of aromatic nitrogens is 3. The highest BCUT2D eigenvalue weighted by atomic mass is 15.0. The van der Waals surface area contributed by atoms with E-state index in [1.54, 1.807) is 0 Å². The topological polar surface area (TPSA) is 22.8 Å². The van der Waals surface area contributed by atoms with Crippen molar-refractivity contribution in [3.8, 4) is 33.8 Å². The van der Waals surface area contributed by atoms with Gasteiger partial charge in [0, 0.05) is 49.4 Å². The van der Waals surface area contributed by atoms with Crippen molar-refractivity contribution in [3.63, 3.8) is 0 Å². The molecule has 0 amide bonds. The molecule has 3 heterocycles. The van der Waals surface area contributed by atoms with E-state index in [2.05, 4.69) is 234 Å². The average molecular weight is 776 g/mol. The number of para-hydroxylation sites is 5. The lowest BCUT2D eigenvalue weighted by Gasteiger charge is -2.35. The molecule has 0 aliphatic heterocycles. The molecule has 284 valence electrons.